The van der Waals surface area contributed by atoms with Crippen molar-refractivity contribution in [1.29, 1.82) is 0 Å². The molecule has 1 fully saturated rings. The zero-order valence-electron chi connectivity index (χ0n) is 19.7. The van der Waals surface area contributed by atoms with Gasteiger partial charge in [0.1, 0.15) is 17.1 Å². The van der Waals surface area contributed by atoms with E-state index in [9.17, 15) is 9.90 Å². The summed E-state index contributed by atoms with van der Waals surface area (Å²) in [7, 11) is 1.60. The van der Waals surface area contributed by atoms with Gasteiger partial charge in [0.2, 0.25) is 0 Å². The van der Waals surface area contributed by atoms with Gasteiger partial charge in [-0.05, 0) is 58.2 Å². The third-order valence-electron chi connectivity index (χ3n) is 6.40. The van der Waals surface area contributed by atoms with Crippen molar-refractivity contribution in [3.05, 3.63) is 57.5 Å². The molecule has 3 heterocycles. The average Bonchev–Trinajstić information content (AvgIpc) is 3.46. The van der Waals surface area contributed by atoms with Crippen molar-refractivity contribution in [3.63, 3.8) is 0 Å². The van der Waals surface area contributed by atoms with Gasteiger partial charge < -0.3 is 35.1 Å². The first kappa shape index (κ1) is 23.7. The number of nitrogens with zero attached hydrogens (tertiary/aromatic N) is 2. The predicted molar refractivity (Wildman–Crippen MR) is 137 cm³/mol. The van der Waals surface area contributed by atoms with Gasteiger partial charge in [0.25, 0.3) is 5.91 Å². The van der Waals surface area contributed by atoms with Crippen LogP contribution in [0.5, 0.6) is 5.75 Å². The summed E-state index contributed by atoms with van der Waals surface area (Å²) in [6.45, 7) is 5.75. The van der Waals surface area contributed by atoms with Crippen molar-refractivity contribution in [2.75, 3.05) is 51.4 Å². The Labute approximate surface area is 211 Å². The zero-order chi connectivity index (χ0) is 24.5. The molecule has 3 aromatic rings. The fraction of sp³-hybridized carbons (Fsp3) is 0.360. The summed E-state index contributed by atoms with van der Waals surface area (Å²) < 4.78 is 11.5. The largest absolute Gasteiger partial charge is 0.496 e. The molecule has 1 unspecified atom stereocenters. The highest BCUT2D eigenvalue weighted by Gasteiger charge is 2.28. The molecular weight excluding hydrogens is 514 g/mol. The fourth-order valence-electron chi connectivity index (χ4n) is 4.51. The second-order valence-corrected chi connectivity index (χ2v) is 9.52. The summed E-state index contributed by atoms with van der Waals surface area (Å²) in [6.07, 6.45) is -0.768. The number of aromatic amines is 1. The van der Waals surface area contributed by atoms with Crippen LogP contribution in [0.4, 0.5) is 5.69 Å². The topological polar surface area (TPSA) is 112 Å². The number of hydrogen-bond acceptors (Lipinski definition) is 7. The van der Waals surface area contributed by atoms with Crippen molar-refractivity contribution < 1.29 is 19.4 Å². The molecule has 0 radical (unpaired) electrons. The molecule has 9 nitrogen and oxygen atoms in total. The number of H-pyrrole nitrogens is 1. The Bertz CT molecular complexity index is 1300. The molecule has 1 amide bonds. The quantitative estimate of drug-likeness (QED) is 0.363. The molecule has 1 aromatic heterocycles. The number of benzene rings is 2. The number of hydrogen-bond donors (Lipinski definition) is 4. The Morgan fingerprint density at radius 1 is 1.29 bits per heavy atom. The number of aliphatic hydroxyl groups excluding tert-OH is 1. The number of anilines is 1. The molecule has 0 aliphatic carbocycles. The molecule has 35 heavy (non-hydrogen) atoms. The van der Waals surface area contributed by atoms with Crippen LogP contribution in [0.15, 0.2) is 40.5 Å². The second-order valence-electron chi connectivity index (χ2n) is 8.67. The number of ether oxygens (including phenoxy) is 2. The van der Waals surface area contributed by atoms with E-state index in [4.69, 9.17) is 14.5 Å². The molecule has 0 saturated carbocycles. The smallest absolute Gasteiger partial charge is 0.257 e. The van der Waals surface area contributed by atoms with E-state index in [1.807, 2.05) is 19.1 Å². The number of aryl methyl sites for hydroxylation is 1. The Morgan fingerprint density at radius 3 is 2.83 bits per heavy atom. The summed E-state index contributed by atoms with van der Waals surface area (Å²) in [5.74, 6) is 1.02. The molecule has 5 rings (SSSR count). The molecule has 184 valence electrons. The highest BCUT2D eigenvalue weighted by molar-refractivity contribution is 9.10. The molecule has 2 aliphatic rings. The number of nitrogens with one attached hydrogen (secondary N) is 3. The average molecular weight is 542 g/mol. The van der Waals surface area contributed by atoms with E-state index >= 15 is 0 Å². The number of imidazole rings is 1. The van der Waals surface area contributed by atoms with Gasteiger partial charge in [-0.15, -0.1) is 0 Å². The van der Waals surface area contributed by atoms with E-state index in [1.165, 1.54) is 0 Å². The van der Waals surface area contributed by atoms with Gasteiger partial charge in [0.05, 0.1) is 48.5 Å². The lowest BCUT2D eigenvalue weighted by molar-refractivity contribution is -0.114. The Kier molecular flexibility index (Phi) is 6.68. The van der Waals surface area contributed by atoms with E-state index in [2.05, 4.69) is 48.6 Å². The maximum atomic E-state index is 12.7. The number of aromatic nitrogens is 2. The lowest BCUT2D eigenvalue weighted by Crippen LogP contribution is -2.36. The number of amides is 1. The minimum atomic E-state index is -0.768. The Hall–Kier alpha value is -3.08. The number of fused-ring (bicyclic) bond motifs is 1. The van der Waals surface area contributed by atoms with Crippen molar-refractivity contribution in [2.45, 2.75) is 13.0 Å². The molecule has 0 spiro atoms. The molecular formula is C25H28BrN5O4. The van der Waals surface area contributed by atoms with Crippen LogP contribution < -0.4 is 20.3 Å². The number of carbonyl (C=O) groups is 1. The van der Waals surface area contributed by atoms with Crippen molar-refractivity contribution >= 4 is 44.1 Å². The number of rotatable bonds is 7. The summed E-state index contributed by atoms with van der Waals surface area (Å²) in [5, 5.41) is 16.8. The van der Waals surface area contributed by atoms with Gasteiger partial charge in [-0.3, -0.25) is 4.79 Å². The van der Waals surface area contributed by atoms with Crippen LogP contribution in [0.1, 0.15) is 23.1 Å². The monoisotopic (exact) mass is 541 g/mol. The number of methoxy groups -OCH3 is 1. The first-order valence-corrected chi connectivity index (χ1v) is 12.3. The van der Waals surface area contributed by atoms with Crippen molar-refractivity contribution in [1.82, 2.24) is 20.6 Å². The second kappa shape index (κ2) is 9.88. The first-order chi connectivity index (χ1) is 16.9. The van der Waals surface area contributed by atoms with Crippen LogP contribution in [0, 0.1) is 6.92 Å². The lowest BCUT2D eigenvalue weighted by Gasteiger charge is -2.29. The SMILES string of the molecule is COc1ccc(C(O)CNC2=C(c3nc4c(C)cc(N5CCOCC5)cc4[nH]3)C(=O)NC2)cc1Br. The van der Waals surface area contributed by atoms with Crippen molar-refractivity contribution in [2.24, 2.45) is 0 Å². The molecule has 4 N–H and O–H groups in total. The molecule has 2 aliphatic heterocycles. The summed E-state index contributed by atoms with van der Waals surface area (Å²) in [5.41, 5.74) is 5.79. The lowest BCUT2D eigenvalue weighted by atomic mass is 10.1. The van der Waals surface area contributed by atoms with Gasteiger partial charge in [0, 0.05) is 31.0 Å². The first-order valence-electron chi connectivity index (χ1n) is 11.5. The van der Waals surface area contributed by atoms with Gasteiger partial charge in [0.15, 0.2) is 0 Å². The summed E-state index contributed by atoms with van der Waals surface area (Å²) in [4.78, 5) is 23.1. The molecule has 1 saturated heterocycles. The fourth-order valence-corrected chi connectivity index (χ4v) is 5.06. The van der Waals surface area contributed by atoms with E-state index in [0.717, 1.165) is 45.4 Å². The van der Waals surface area contributed by atoms with Crippen LogP contribution in [-0.4, -0.2) is 67.5 Å². The van der Waals surface area contributed by atoms with Crippen LogP contribution in [0.3, 0.4) is 0 Å². The zero-order valence-corrected chi connectivity index (χ0v) is 21.2. The normalized spacial score (nSPS) is 17.1. The third-order valence-corrected chi connectivity index (χ3v) is 7.02. The van der Waals surface area contributed by atoms with Gasteiger partial charge in [-0.1, -0.05) is 6.07 Å². The van der Waals surface area contributed by atoms with E-state index in [0.29, 0.717) is 42.6 Å². The number of morpholine rings is 1. The van der Waals surface area contributed by atoms with Crippen LogP contribution >= 0.6 is 15.9 Å². The number of aliphatic hydroxyl groups is 1. The van der Waals surface area contributed by atoms with Crippen LogP contribution in [0.25, 0.3) is 16.6 Å². The standard InChI is InChI=1S/C25H28BrN5O4/c1-14-9-16(31-5-7-35-8-6-31)11-18-23(14)30-24(29-18)22-19(12-28-25(22)33)27-13-20(32)15-3-4-21(34-2)17(26)10-15/h3-4,9-11,20,27,32H,5-8,12-13H2,1-2H3,(H,28,33)(H,29,30). The Morgan fingerprint density at radius 2 is 2.09 bits per heavy atom. The van der Waals surface area contributed by atoms with Crippen LogP contribution in [-0.2, 0) is 9.53 Å². The third kappa shape index (κ3) is 4.73. The van der Waals surface area contributed by atoms with E-state index in [-0.39, 0.29) is 12.5 Å². The van der Waals surface area contributed by atoms with Crippen LogP contribution in [0.2, 0.25) is 0 Å². The van der Waals surface area contributed by atoms with Gasteiger partial charge in [-0.25, -0.2) is 4.98 Å². The minimum absolute atomic E-state index is 0.195. The predicted octanol–water partition coefficient (Wildman–Crippen LogP) is 2.64. The van der Waals surface area contributed by atoms with Gasteiger partial charge >= 0.3 is 0 Å². The summed E-state index contributed by atoms with van der Waals surface area (Å²) in [6, 6.07) is 9.65. The Balaban J connectivity index is 1.39. The van der Waals surface area contributed by atoms with Gasteiger partial charge in [-0.2, -0.15) is 0 Å². The number of halogens is 1. The highest BCUT2D eigenvalue weighted by Crippen LogP contribution is 2.30. The minimum Gasteiger partial charge on any atom is -0.496 e. The van der Waals surface area contributed by atoms with Crippen molar-refractivity contribution in [3.8, 4) is 5.75 Å². The molecule has 10 heteroatoms. The highest BCUT2D eigenvalue weighted by atomic mass is 79.9. The maximum absolute atomic E-state index is 12.7. The molecule has 2 aromatic carbocycles. The maximum Gasteiger partial charge on any atom is 0.257 e. The van der Waals surface area contributed by atoms with E-state index in [1.54, 1.807) is 13.2 Å². The number of carbonyl (C=O) groups excluding carboxylic acids is 1. The summed E-state index contributed by atoms with van der Waals surface area (Å²) >= 11 is 3.45. The molecule has 1 atom stereocenters. The molecule has 0 bridgehead atoms. The van der Waals surface area contributed by atoms with E-state index < -0.39 is 6.10 Å².